The van der Waals surface area contributed by atoms with Gasteiger partial charge in [-0.05, 0) is 49.5 Å². The first kappa shape index (κ1) is 22.3. The highest BCUT2D eigenvalue weighted by atomic mass is 19.1. The number of halogens is 2. The van der Waals surface area contributed by atoms with Crippen LogP contribution in [0.15, 0.2) is 42.5 Å². The molecule has 0 aliphatic heterocycles. The molecule has 0 aromatic heterocycles. The molecule has 0 bridgehead atoms. The summed E-state index contributed by atoms with van der Waals surface area (Å²) in [5.41, 5.74) is 0.346. The molecule has 0 aliphatic rings. The number of likely N-dealkylation sites (N-methyl/N-ethyl adjacent to an activating group) is 1. The van der Waals surface area contributed by atoms with Gasteiger partial charge in [-0.1, -0.05) is 13.8 Å². The predicted octanol–water partition coefficient (Wildman–Crippen LogP) is 3.05. The molecule has 2 N–H and O–H groups in total. The molecule has 0 spiro atoms. The van der Waals surface area contributed by atoms with Crippen LogP contribution in [0.2, 0.25) is 0 Å². The molecule has 0 fully saturated rings. The number of nitrogens with one attached hydrogen (secondary N) is 2. The van der Waals surface area contributed by atoms with Crippen molar-refractivity contribution in [2.45, 2.75) is 13.8 Å². The molecule has 2 aromatic carbocycles. The lowest BCUT2D eigenvalue weighted by molar-refractivity contribution is -0.115. The Morgan fingerprint density at radius 3 is 2.21 bits per heavy atom. The second-order valence-corrected chi connectivity index (χ2v) is 6.29. The first-order chi connectivity index (χ1) is 13.9. The molecule has 156 valence electrons. The molecule has 8 heteroatoms. The van der Waals surface area contributed by atoms with E-state index in [1.54, 1.807) is 24.3 Å². The molecule has 29 heavy (non-hydrogen) atoms. The number of carbonyl (C=O) groups excluding carboxylic acids is 2. The molecule has 0 aliphatic carbocycles. The third-order valence-electron chi connectivity index (χ3n) is 4.24. The Morgan fingerprint density at radius 2 is 1.62 bits per heavy atom. The summed E-state index contributed by atoms with van der Waals surface area (Å²) in [5.74, 6) is -2.24. The van der Waals surface area contributed by atoms with Gasteiger partial charge in [-0.15, -0.1) is 0 Å². The zero-order chi connectivity index (χ0) is 21.2. The SMILES string of the molecule is CCN(CC)CCOc1ccc(NC(=O)CNC(=O)c2cc(F)cc(F)c2)cc1. The van der Waals surface area contributed by atoms with E-state index in [2.05, 4.69) is 29.4 Å². The Bertz CT molecular complexity index is 804. The van der Waals surface area contributed by atoms with Crippen LogP contribution < -0.4 is 15.4 Å². The minimum Gasteiger partial charge on any atom is -0.492 e. The fraction of sp³-hybridized carbons (Fsp3) is 0.333. The van der Waals surface area contributed by atoms with Gasteiger partial charge in [-0.25, -0.2) is 8.78 Å². The van der Waals surface area contributed by atoms with Gasteiger partial charge in [-0.3, -0.25) is 9.59 Å². The number of rotatable bonds is 10. The quantitative estimate of drug-likeness (QED) is 0.638. The highest BCUT2D eigenvalue weighted by Crippen LogP contribution is 2.15. The fourth-order valence-corrected chi connectivity index (χ4v) is 2.62. The molecular formula is C21H25F2N3O3. The van der Waals surface area contributed by atoms with Crippen LogP contribution in [-0.4, -0.2) is 49.5 Å². The number of nitrogens with zero attached hydrogens (tertiary/aromatic N) is 1. The molecule has 6 nitrogen and oxygen atoms in total. The third kappa shape index (κ3) is 7.50. The summed E-state index contributed by atoms with van der Waals surface area (Å²) in [6.07, 6.45) is 0. The van der Waals surface area contributed by atoms with E-state index in [-0.39, 0.29) is 12.1 Å². The van der Waals surface area contributed by atoms with E-state index in [4.69, 9.17) is 4.74 Å². The number of carbonyl (C=O) groups is 2. The van der Waals surface area contributed by atoms with Gasteiger partial charge in [0.2, 0.25) is 5.91 Å². The summed E-state index contributed by atoms with van der Waals surface area (Å²) in [4.78, 5) is 26.1. The van der Waals surface area contributed by atoms with E-state index >= 15 is 0 Å². The largest absolute Gasteiger partial charge is 0.492 e. The van der Waals surface area contributed by atoms with Gasteiger partial charge in [0.25, 0.3) is 5.91 Å². The fourth-order valence-electron chi connectivity index (χ4n) is 2.62. The Hall–Kier alpha value is -3.00. The third-order valence-corrected chi connectivity index (χ3v) is 4.24. The normalized spacial score (nSPS) is 10.7. The lowest BCUT2D eigenvalue weighted by Crippen LogP contribution is -2.33. The number of hydrogen-bond acceptors (Lipinski definition) is 4. The second kappa shape index (κ2) is 11.1. The number of amides is 2. The van der Waals surface area contributed by atoms with Gasteiger partial charge in [0.15, 0.2) is 0 Å². The van der Waals surface area contributed by atoms with Crippen molar-refractivity contribution in [2.75, 3.05) is 38.1 Å². The predicted molar refractivity (Wildman–Crippen MR) is 107 cm³/mol. The standard InChI is InChI=1S/C21H25F2N3O3/c1-3-26(4-2)9-10-29-19-7-5-18(6-8-19)25-20(27)14-24-21(28)15-11-16(22)13-17(23)12-15/h5-8,11-13H,3-4,9-10,14H2,1-2H3,(H,24,28)(H,25,27). The van der Waals surface area contributed by atoms with Gasteiger partial charge in [0.05, 0.1) is 6.54 Å². The summed E-state index contributed by atoms with van der Waals surface area (Å²) in [7, 11) is 0. The van der Waals surface area contributed by atoms with E-state index in [0.717, 1.165) is 31.8 Å². The molecule has 0 heterocycles. The summed E-state index contributed by atoms with van der Waals surface area (Å²) in [6, 6.07) is 9.33. The summed E-state index contributed by atoms with van der Waals surface area (Å²) < 4.78 is 32.0. The number of hydrogen-bond donors (Lipinski definition) is 2. The van der Waals surface area contributed by atoms with Gasteiger partial charge >= 0.3 is 0 Å². The van der Waals surface area contributed by atoms with Crippen molar-refractivity contribution >= 4 is 17.5 Å². The highest BCUT2D eigenvalue weighted by molar-refractivity contribution is 5.99. The first-order valence-corrected chi connectivity index (χ1v) is 9.40. The van der Waals surface area contributed by atoms with E-state index in [1.807, 2.05) is 0 Å². The maximum Gasteiger partial charge on any atom is 0.251 e. The van der Waals surface area contributed by atoms with Gasteiger partial charge in [0.1, 0.15) is 24.0 Å². The lowest BCUT2D eigenvalue weighted by Gasteiger charge is -2.18. The van der Waals surface area contributed by atoms with Crippen molar-refractivity contribution in [1.29, 1.82) is 0 Å². The van der Waals surface area contributed by atoms with Crippen molar-refractivity contribution in [3.63, 3.8) is 0 Å². The van der Waals surface area contributed by atoms with Gasteiger partial charge < -0.3 is 20.3 Å². The van der Waals surface area contributed by atoms with Crippen LogP contribution in [0.1, 0.15) is 24.2 Å². The van der Waals surface area contributed by atoms with E-state index in [1.165, 1.54) is 0 Å². The topological polar surface area (TPSA) is 70.7 Å². The van der Waals surface area contributed by atoms with Crippen LogP contribution in [0, 0.1) is 11.6 Å². The van der Waals surface area contributed by atoms with Crippen LogP contribution in [0.25, 0.3) is 0 Å². The molecule has 0 saturated carbocycles. The molecule has 0 atom stereocenters. The lowest BCUT2D eigenvalue weighted by atomic mass is 10.2. The van der Waals surface area contributed by atoms with Gasteiger partial charge in [0, 0.05) is 23.9 Å². The molecule has 0 saturated heterocycles. The molecule has 0 radical (unpaired) electrons. The average molecular weight is 405 g/mol. The smallest absolute Gasteiger partial charge is 0.251 e. The van der Waals surface area contributed by atoms with Crippen LogP contribution >= 0.6 is 0 Å². The summed E-state index contributed by atoms with van der Waals surface area (Å²) in [5, 5.41) is 4.95. The second-order valence-electron chi connectivity index (χ2n) is 6.29. The molecule has 0 unspecified atom stereocenters. The zero-order valence-corrected chi connectivity index (χ0v) is 16.5. The Kier molecular flexibility index (Phi) is 8.54. The van der Waals surface area contributed by atoms with Crippen molar-refractivity contribution in [1.82, 2.24) is 10.2 Å². The zero-order valence-electron chi connectivity index (χ0n) is 16.5. The monoisotopic (exact) mass is 405 g/mol. The Morgan fingerprint density at radius 1 is 1.00 bits per heavy atom. The van der Waals surface area contributed by atoms with E-state index < -0.39 is 23.4 Å². The molecular weight excluding hydrogens is 380 g/mol. The van der Waals surface area contributed by atoms with Crippen molar-refractivity contribution in [2.24, 2.45) is 0 Å². The van der Waals surface area contributed by atoms with E-state index in [0.29, 0.717) is 24.1 Å². The average Bonchev–Trinajstić information content (AvgIpc) is 2.70. The van der Waals surface area contributed by atoms with Crippen LogP contribution in [0.3, 0.4) is 0 Å². The van der Waals surface area contributed by atoms with Crippen molar-refractivity contribution in [3.05, 3.63) is 59.7 Å². The van der Waals surface area contributed by atoms with Crippen LogP contribution in [-0.2, 0) is 4.79 Å². The minimum absolute atomic E-state index is 0.193. The Balaban J connectivity index is 1.78. The summed E-state index contributed by atoms with van der Waals surface area (Å²) >= 11 is 0. The molecule has 2 amide bonds. The van der Waals surface area contributed by atoms with E-state index in [9.17, 15) is 18.4 Å². The number of anilines is 1. The van der Waals surface area contributed by atoms with Crippen molar-refractivity contribution in [3.8, 4) is 5.75 Å². The maximum atomic E-state index is 13.1. The van der Waals surface area contributed by atoms with Crippen LogP contribution in [0.4, 0.5) is 14.5 Å². The number of ether oxygens (including phenoxy) is 1. The van der Waals surface area contributed by atoms with Crippen LogP contribution in [0.5, 0.6) is 5.75 Å². The maximum absolute atomic E-state index is 13.1. The highest BCUT2D eigenvalue weighted by Gasteiger charge is 2.11. The molecule has 2 aromatic rings. The Labute approximate surface area is 168 Å². The summed E-state index contributed by atoms with van der Waals surface area (Å²) in [6.45, 7) is 7.20. The minimum atomic E-state index is -0.862. The van der Waals surface area contributed by atoms with Crippen molar-refractivity contribution < 1.29 is 23.1 Å². The van der Waals surface area contributed by atoms with Gasteiger partial charge in [-0.2, -0.15) is 0 Å². The first-order valence-electron chi connectivity index (χ1n) is 9.40. The number of benzene rings is 2. The molecule has 2 rings (SSSR count).